The summed E-state index contributed by atoms with van der Waals surface area (Å²) in [5.41, 5.74) is 4.47. The van der Waals surface area contributed by atoms with Crippen LogP contribution in [0.3, 0.4) is 0 Å². The number of fused-ring (bicyclic) bond motifs is 3. The molecule has 1 aromatic heterocycles. The lowest BCUT2D eigenvalue weighted by molar-refractivity contribution is -0.120. The van der Waals surface area contributed by atoms with Crippen molar-refractivity contribution in [3.8, 4) is 5.75 Å². The molecular formula is C29H35ClN4O3. The van der Waals surface area contributed by atoms with Crippen molar-refractivity contribution in [2.45, 2.75) is 31.4 Å². The van der Waals surface area contributed by atoms with E-state index in [0.29, 0.717) is 6.54 Å². The molecule has 3 aliphatic rings. The van der Waals surface area contributed by atoms with Crippen molar-refractivity contribution in [3.05, 3.63) is 64.3 Å². The fourth-order valence-electron chi connectivity index (χ4n) is 6.03. The average Bonchev–Trinajstić information content (AvgIpc) is 3.31. The van der Waals surface area contributed by atoms with Gasteiger partial charge in [-0.3, -0.25) is 9.69 Å². The van der Waals surface area contributed by atoms with Crippen LogP contribution in [0.15, 0.2) is 42.5 Å². The molecule has 0 spiro atoms. The van der Waals surface area contributed by atoms with Crippen LogP contribution >= 0.6 is 11.6 Å². The number of hydrogen-bond donors (Lipinski definition) is 1. The SMILES string of the molecule is O=CN1CCc2c([nH]c3ccc(Cl)cc23)C1c1ccc(OC2CCN(CCN3CCOCC3)CC2)cc1. The number of nitrogens with zero attached hydrogens (tertiary/aromatic N) is 3. The molecule has 0 aliphatic carbocycles. The second-order valence-electron chi connectivity index (χ2n) is 10.4. The number of aromatic nitrogens is 1. The van der Waals surface area contributed by atoms with Gasteiger partial charge in [0.15, 0.2) is 0 Å². The van der Waals surface area contributed by atoms with Crippen LogP contribution in [0.1, 0.15) is 35.7 Å². The molecular weight excluding hydrogens is 488 g/mol. The molecule has 8 heteroatoms. The summed E-state index contributed by atoms with van der Waals surface area (Å²) in [5.74, 6) is 0.896. The van der Waals surface area contributed by atoms with Gasteiger partial charge in [-0.1, -0.05) is 23.7 Å². The Morgan fingerprint density at radius 3 is 2.43 bits per heavy atom. The molecule has 2 fully saturated rings. The van der Waals surface area contributed by atoms with E-state index in [1.54, 1.807) is 0 Å². The normalized spacial score (nSPS) is 21.8. The molecule has 1 atom stereocenters. The Morgan fingerprint density at radius 2 is 1.70 bits per heavy atom. The Morgan fingerprint density at radius 1 is 0.973 bits per heavy atom. The van der Waals surface area contributed by atoms with Crippen LogP contribution in [0.2, 0.25) is 5.02 Å². The number of carbonyl (C=O) groups is 1. The van der Waals surface area contributed by atoms with Crippen LogP contribution in [0.5, 0.6) is 5.75 Å². The van der Waals surface area contributed by atoms with Crippen LogP contribution in [0.25, 0.3) is 10.9 Å². The first kappa shape index (κ1) is 24.7. The van der Waals surface area contributed by atoms with Crippen molar-refractivity contribution in [2.24, 2.45) is 0 Å². The number of carbonyl (C=O) groups excluding carboxylic acids is 1. The zero-order valence-corrected chi connectivity index (χ0v) is 22.0. The number of morpholine rings is 1. The van der Waals surface area contributed by atoms with E-state index in [1.165, 1.54) is 5.56 Å². The van der Waals surface area contributed by atoms with Gasteiger partial charge < -0.3 is 24.3 Å². The molecule has 0 radical (unpaired) electrons. The van der Waals surface area contributed by atoms with Crippen LogP contribution in [0, 0.1) is 0 Å². The highest BCUT2D eigenvalue weighted by Crippen LogP contribution is 2.39. The number of rotatable bonds is 7. The van der Waals surface area contributed by atoms with Gasteiger partial charge in [-0.05, 0) is 60.7 Å². The first-order valence-corrected chi connectivity index (χ1v) is 13.9. The highest BCUT2D eigenvalue weighted by atomic mass is 35.5. The molecule has 2 aromatic carbocycles. The number of aromatic amines is 1. The zero-order chi connectivity index (χ0) is 25.2. The molecule has 3 aromatic rings. The molecule has 0 bridgehead atoms. The topological polar surface area (TPSA) is 61.0 Å². The lowest BCUT2D eigenvalue weighted by atomic mass is 9.93. The lowest BCUT2D eigenvalue weighted by Gasteiger charge is -2.35. The van der Waals surface area contributed by atoms with Gasteiger partial charge in [-0.15, -0.1) is 0 Å². The van der Waals surface area contributed by atoms with Crippen molar-refractivity contribution in [1.82, 2.24) is 19.7 Å². The summed E-state index contributed by atoms with van der Waals surface area (Å²) in [5, 5.41) is 1.88. The van der Waals surface area contributed by atoms with Gasteiger partial charge in [0.05, 0.1) is 19.3 Å². The molecule has 37 heavy (non-hydrogen) atoms. The summed E-state index contributed by atoms with van der Waals surface area (Å²) in [6.45, 7) is 8.92. The molecule has 196 valence electrons. The first-order valence-electron chi connectivity index (χ1n) is 13.5. The predicted octanol–water partition coefficient (Wildman–Crippen LogP) is 4.10. The monoisotopic (exact) mass is 522 g/mol. The van der Waals surface area contributed by atoms with Crippen molar-refractivity contribution in [1.29, 1.82) is 0 Å². The van der Waals surface area contributed by atoms with Crippen LogP contribution in [-0.2, 0) is 16.0 Å². The van der Waals surface area contributed by atoms with Crippen molar-refractivity contribution >= 4 is 28.9 Å². The maximum Gasteiger partial charge on any atom is 0.210 e. The molecule has 1 N–H and O–H groups in total. The highest BCUT2D eigenvalue weighted by Gasteiger charge is 2.31. The molecule has 1 amide bonds. The largest absolute Gasteiger partial charge is 0.490 e. The Kier molecular flexibility index (Phi) is 7.38. The van der Waals surface area contributed by atoms with Crippen LogP contribution in [0.4, 0.5) is 0 Å². The Balaban J connectivity index is 1.09. The van der Waals surface area contributed by atoms with E-state index in [4.69, 9.17) is 21.1 Å². The third-order valence-electron chi connectivity index (χ3n) is 8.13. The van der Waals surface area contributed by atoms with Gasteiger partial charge >= 0.3 is 0 Å². The summed E-state index contributed by atoms with van der Waals surface area (Å²) in [4.78, 5) is 22.5. The minimum absolute atomic E-state index is 0.142. The minimum Gasteiger partial charge on any atom is -0.490 e. The predicted molar refractivity (Wildman–Crippen MR) is 145 cm³/mol. The summed E-state index contributed by atoms with van der Waals surface area (Å²) in [7, 11) is 0. The van der Waals surface area contributed by atoms with E-state index >= 15 is 0 Å². The van der Waals surface area contributed by atoms with E-state index in [0.717, 1.165) is 111 Å². The second kappa shape index (κ2) is 11.0. The number of ether oxygens (including phenoxy) is 2. The van der Waals surface area contributed by atoms with E-state index in [2.05, 4.69) is 39.0 Å². The molecule has 7 nitrogen and oxygen atoms in total. The lowest BCUT2D eigenvalue weighted by Crippen LogP contribution is -2.44. The number of benzene rings is 2. The fourth-order valence-corrected chi connectivity index (χ4v) is 6.20. The third kappa shape index (κ3) is 5.36. The zero-order valence-electron chi connectivity index (χ0n) is 21.2. The summed E-state index contributed by atoms with van der Waals surface area (Å²) in [6.07, 6.45) is 4.12. The quantitative estimate of drug-likeness (QED) is 0.473. The number of halogens is 1. The number of amides is 1. The van der Waals surface area contributed by atoms with Gasteiger partial charge in [0.25, 0.3) is 0 Å². The Hall–Kier alpha value is -2.58. The summed E-state index contributed by atoms with van der Waals surface area (Å²) < 4.78 is 11.8. The van der Waals surface area contributed by atoms with Gasteiger partial charge in [-0.25, -0.2) is 0 Å². The number of likely N-dealkylation sites (tertiary alicyclic amines) is 1. The molecule has 4 heterocycles. The number of hydrogen-bond acceptors (Lipinski definition) is 5. The number of nitrogens with one attached hydrogen (secondary N) is 1. The minimum atomic E-state index is -0.142. The molecule has 2 saturated heterocycles. The van der Waals surface area contributed by atoms with Crippen LogP contribution < -0.4 is 4.74 Å². The Bertz CT molecular complexity index is 1220. The van der Waals surface area contributed by atoms with Crippen molar-refractivity contribution < 1.29 is 14.3 Å². The van der Waals surface area contributed by atoms with Crippen molar-refractivity contribution in [2.75, 3.05) is 59.0 Å². The van der Waals surface area contributed by atoms with E-state index in [9.17, 15) is 4.79 Å². The molecule has 6 rings (SSSR count). The smallest absolute Gasteiger partial charge is 0.210 e. The molecule has 1 unspecified atom stereocenters. The van der Waals surface area contributed by atoms with Gasteiger partial charge in [0.1, 0.15) is 11.9 Å². The maximum atomic E-state index is 12.0. The summed E-state index contributed by atoms with van der Waals surface area (Å²) >= 11 is 6.28. The number of H-pyrrole nitrogens is 1. The average molecular weight is 523 g/mol. The Labute approximate surface area is 223 Å². The van der Waals surface area contributed by atoms with E-state index in [-0.39, 0.29) is 12.1 Å². The maximum absolute atomic E-state index is 12.0. The van der Waals surface area contributed by atoms with Crippen molar-refractivity contribution in [3.63, 3.8) is 0 Å². The van der Waals surface area contributed by atoms with Crippen LogP contribution in [-0.4, -0.2) is 91.2 Å². The highest BCUT2D eigenvalue weighted by molar-refractivity contribution is 6.31. The van der Waals surface area contributed by atoms with Gasteiger partial charge in [0.2, 0.25) is 6.41 Å². The third-order valence-corrected chi connectivity index (χ3v) is 8.37. The molecule has 0 saturated carbocycles. The molecule has 3 aliphatic heterocycles. The summed E-state index contributed by atoms with van der Waals surface area (Å²) in [6, 6.07) is 14.1. The standard InChI is InChI=1S/C29H35ClN4O3/c30-22-3-6-27-26(19-22)25-9-12-34(20-35)29(28(25)31-27)21-1-4-23(5-2-21)37-24-7-10-32(11-8-24)13-14-33-15-17-36-18-16-33/h1-6,19-20,24,29,31H,7-18H2. The van der Waals surface area contributed by atoms with Gasteiger partial charge in [-0.2, -0.15) is 0 Å². The van der Waals surface area contributed by atoms with Gasteiger partial charge in [0, 0.05) is 67.4 Å². The fraction of sp³-hybridized carbons (Fsp3) is 0.483. The van der Waals surface area contributed by atoms with E-state index < -0.39 is 0 Å². The van der Waals surface area contributed by atoms with E-state index in [1.807, 2.05) is 23.1 Å². The number of piperidine rings is 1. The second-order valence-corrected chi connectivity index (χ2v) is 10.8. The first-order chi connectivity index (χ1) is 18.2.